The summed E-state index contributed by atoms with van der Waals surface area (Å²) in [6.45, 7) is 1.31. The molecule has 0 unspecified atom stereocenters. The monoisotopic (exact) mass is 413 g/mol. The molecule has 0 fully saturated rings. The number of carbonyl (C=O) groups is 1. The van der Waals surface area contributed by atoms with Gasteiger partial charge in [-0.1, -0.05) is 42.5 Å². The van der Waals surface area contributed by atoms with Crippen LogP contribution in [0.1, 0.15) is 16.1 Å². The van der Waals surface area contributed by atoms with Crippen molar-refractivity contribution in [2.45, 2.75) is 6.54 Å². The van der Waals surface area contributed by atoms with E-state index < -0.39 is 0 Å². The average molecular weight is 413 g/mol. The van der Waals surface area contributed by atoms with Crippen LogP contribution in [0.3, 0.4) is 0 Å². The maximum atomic E-state index is 13.1. The van der Waals surface area contributed by atoms with Crippen molar-refractivity contribution >= 4 is 16.7 Å². The number of carbonyl (C=O) groups excluding carboxylic acids is 1. The van der Waals surface area contributed by atoms with Crippen LogP contribution in [0, 0.1) is 0 Å². The predicted molar refractivity (Wildman–Crippen MR) is 116 cm³/mol. The maximum absolute atomic E-state index is 13.1. The molecule has 1 aliphatic heterocycles. The third-order valence-electron chi connectivity index (χ3n) is 5.08. The molecule has 2 heterocycles. The van der Waals surface area contributed by atoms with Gasteiger partial charge >= 0.3 is 0 Å². The van der Waals surface area contributed by atoms with Gasteiger partial charge in [-0.25, -0.2) is 0 Å². The van der Waals surface area contributed by atoms with E-state index in [1.54, 1.807) is 36.4 Å². The number of ether oxygens (including phenoxy) is 2. The van der Waals surface area contributed by atoms with Crippen molar-refractivity contribution in [3.8, 4) is 17.2 Å². The Bertz CT molecular complexity index is 1330. The van der Waals surface area contributed by atoms with Crippen molar-refractivity contribution in [1.29, 1.82) is 0 Å². The van der Waals surface area contributed by atoms with E-state index in [9.17, 15) is 9.59 Å². The Morgan fingerprint density at radius 3 is 2.42 bits per heavy atom. The van der Waals surface area contributed by atoms with Crippen LogP contribution >= 0.6 is 0 Å². The number of amides is 1. The molecule has 0 bridgehead atoms. The smallest absolute Gasteiger partial charge is 0.279 e. The number of para-hydroxylation sites is 1. The first-order valence-corrected chi connectivity index (χ1v) is 9.95. The molecule has 3 aromatic carbocycles. The third-order valence-corrected chi connectivity index (χ3v) is 5.08. The minimum atomic E-state index is -0.365. The van der Waals surface area contributed by atoms with E-state index in [1.165, 1.54) is 4.68 Å². The van der Waals surface area contributed by atoms with Crippen molar-refractivity contribution in [1.82, 2.24) is 15.1 Å². The molecule has 0 saturated heterocycles. The average Bonchev–Trinajstić information content (AvgIpc) is 2.83. The van der Waals surface area contributed by atoms with Gasteiger partial charge in [-0.2, -0.15) is 9.78 Å². The fourth-order valence-electron chi connectivity index (χ4n) is 3.57. The summed E-state index contributed by atoms with van der Waals surface area (Å²) < 4.78 is 12.4. The lowest BCUT2D eigenvalue weighted by Gasteiger charge is -2.19. The normalized spacial score (nSPS) is 12.5. The fraction of sp³-hybridized carbons (Fsp3) is 0.125. The number of nitrogens with one attached hydrogen (secondary N) is 1. The number of nitrogens with zero attached hydrogens (tertiary/aromatic N) is 2. The molecule has 7 nitrogen and oxygen atoms in total. The highest BCUT2D eigenvalue weighted by molar-refractivity contribution is 6.04. The summed E-state index contributed by atoms with van der Waals surface area (Å²) in [4.78, 5) is 26.0. The van der Waals surface area contributed by atoms with E-state index in [-0.39, 0.29) is 23.7 Å². The summed E-state index contributed by atoms with van der Waals surface area (Å²) in [5.41, 5.74) is 1.39. The number of benzene rings is 3. The lowest BCUT2D eigenvalue weighted by molar-refractivity contribution is 0.0946. The van der Waals surface area contributed by atoms with Crippen LogP contribution in [0.2, 0.25) is 0 Å². The van der Waals surface area contributed by atoms with Crippen LogP contribution in [0.15, 0.2) is 77.6 Å². The molecule has 0 atom stereocenters. The van der Waals surface area contributed by atoms with Crippen LogP contribution in [-0.2, 0) is 6.54 Å². The summed E-state index contributed by atoms with van der Waals surface area (Å²) in [5.74, 6) is 0.999. The van der Waals surface area contributed by atoms with Crippen LogP contribution in [0.5, 0.6) is 11.5 Å². The Morgan fingerprint density at radius 2 is 1.61 bits per heavy atom. The van der Waals surface area contributed by atoms with Gasteiger partial charge in [0.2, 0.25) is 0 Å². The largest absolute Gasteiger partial charge is 0.486 e. The van der Waals surface area contributed by atoms with E-state index >= 15 is 0 Å². The fourth-order valence-corrected chi connectivity index (χ4v) is 3.57. The zero-order chi connectivity index (χ0) is 21.2. The first-order valence-electron chi connectivity index (χ1n) is 9.95. The molecule has 1 N–H and O–H groups in total. The molecule has 0 radical (unpaired) electrons. The van der Waals surface area contributed by atoms with Crippen molar-refractivity contribution in [2.24, 2.45) is 0 Å². The second kappa shape index (κ2) is 7.95. The van der Waals surface area contributed by atoms with Crippen LogP contribution < -0.4 is 20.3 Å². The van der Waals surface area contributed by atoms with Gasteiger partial charge in [0, 0.05) is 11.9 Å². The molecule has 0 spiro atoms. The standard InChI is InChI=1S/C24H19N3O4/c28-23(25-15-16-10-11-20-21(14-16)31-13-12-30-20)22-18-8-4-5-9-19(18)24(29)27(26-22)17-6-2-1-3-7-17/h1-11,14H,12-13,15H2,(H,25,28). The first-order chi connectivity index (χ1) is 15.2. The molecule has 31 heavy (non-hydrogen) atoms. The van der Waals surface area contributed by atoms with Crippen LogP contribution in [-0.4, -0.2) is 28.9 Å². The molecule has 5 rings (SSSR count). The highest BCUT2D eigenvalue weighted by Gasteiger charge is 2.18. The lowest BCUT2D eigenvalue weighted by atomic mass is 10.1. The van der Waals surface area contributed by atoms with Crippen LogP contribution in [0.25, 0.3) is 16.5 Å². The second-order valence-corrected chi connectivity index (χ2v) is 7.11. The SMILES string of the molecule is O=C(NCc1ccc2c(c1)OCCO2)c1nn(-c2ccccc2)c(=O)c2ccccc12. The quantitative estimate of drug-likeness (QED) is 0.556. The molecule has 4 aromatic rings. The number of hydrogen-bond acceptors (Lipinski definition) is 5. The molecule has 1 aromatic heterocycles. The number of hydrogen-bond donors (Lipinski definition) is 1. The molecular weight excluding hydrogens is 394 g/mol. The lowest BCUT2D eigenvalue weighted by Crippen LogP contribution is -2.29. The Labute approximate surface area is 177 Å². The highest BCUT2D eigenvalue weighted by atomic mass is 16.6. The maximum Gasteiger partial charge on any atom is 0.279 e. The van der Waals surface area contributed by atoms with E-state index in [4.69, 9.17) is 9.47 Å². The molecule has 154 valence electrons. The molecule has 7 heteroatoms. The molecular formula is C24H19N3O4. The zero-order valence-electron chi connectivity index (χ0n) is 16.6. The van der Waals surface area contributed by atoms with Crippen molar-refractivity contribution in [3.05, 3.63) is 94.4 Å². The number of fused-ring (bicyclic) bond motifs is 2. The Kier molecular flexibility index (Phi) is 4.84. The van der Waals surface area contributed by atoms with Gasteiger partial charge in [0.15, 0.2) is 17.2 Å². The van der Waals surface area contributed by atoms with Gasteiger partial charge < -0.3 is 14.8 Å². The molecule has 1 aliphatic rings. The Morgan fingerprint density at radius 1 is 0.903 bits per heavy atom. The second-order valence-electron chi connectivity index (χ2n) is 7.11. The molecule has 0 saturated carbocycles. The topological polar surface area (TPSA) is 82.4 Å². The van der Waals surface area contributed by atoms with E-state index in [2.05, 4.69) is 10.4 Å². The minimum Gasteiger partial charge on any atom is -0.486 e. The van der Waals surface area contributed by atoms with Gasteiger partial charge in [-0.15, -0.1) is 0 Å². The minimum absolute atomic E-state index is 0.191. The third kappa shape index (κ3) is 3.61. The first kappa shape index (κ1) is 18.9. The molecule has 0 aliphatic carbocycles. The number of aromatic nitrogens is 2. The van der Waals surface area contributed by atoms with Crippen molar-refractivity contribution < 1.29 is 14.3 Å². The van der Waals surface area contributed by atoms with Crippen LogP contribution in [0.4, 0.5) is 0 Å². The Balaban J connectivity index is 1.48. The zero-order valence-corrected chi connectivity index (χ0v) is 16.6. The Hall–Kier alpha value is -4.13. The van der Waals surface area contributed by atoms with E-state index in [0.717, 1.165) is 5.56 Å². The van der Waals surface area contributed by atoms with Crippen molar-refractivity contribution in [2.75, 3.05) is 13.2 Å². The number of rotatable bonds is 4. The van der Waals surface area contributed by atoms with Gasteiger partial charge in [-0.3, -0.25) is 9.59 Å². The summed E-state index contributed by atoms with van der Waals surface area (Å²) in [5, 5.41) is 8.25. The summed E-state index contributed by atoms with van der Waals surface area (Å²) in [6, 6.07) is 21.6. The summed E-state index contributed by atoms with van der Waals surface area (Å²) in [7, 11) is 0. The van der Waals surface area contributed by atoms with Gasteiger partial charge in [-0.05, 0) is 35.9 Å². The predicted octanol–water partition coefficient (Wildman–Crippen LogP) is 3.09. The summed E-state index contributed by atoms with van der Waals surface area (Å²) in [6.07, 6.45) is 0. The highest BCUT2D eigenvalue weighted by Crippen LogP contribution is 2.30. The van der Waals surface area contributed by atoms with Gasteiger partial charge in [0.25, 0.3) is 11.5 Å². The summed E-state index contributed by atoms with van der Waals surface area (Å²) >= 11 is 0. The van der Waals surface area contributed by atoms with Gasteiger partial charge in [0.05, 0.1) is 11.1 Å². The van der Waals surface area contributed by atoms with Crippen molar-refractivity contribution in [3.63, 3.8) is 0 Å². The van der Waals surface area contributed by atoms with E-state index in [0.29, 0.717) is 41.2 Å². The van der Waals surface area contributed by atoms with E-state index in [1.807, 2.05) is 36.4 Å². The molecule has 1 amide bonds. The van der Waals surface area contributed by atoms with Gasteiger partial charge in [0.1, 0.15) is 13.2 Å².